The van der Waals surface area contributed by atoms with Crippen molar-refractivity contribution in [3.63, 3.8) is 0 Å². The molecule has 5 nitrogen and oxygen atoms in total. The van der Waals surface area contributed by atoms with E-state index in [1.165, 1.54) is 24.8 Å². The molecule has 0 aliphatic heterocycles. The molecule has 41 heavy (non-hydrogen) atoms. The Hall–Kier alpha value is -1.65. The molecular formula is C36H56O5. The molecule has 4 fully saturated rings. The van der Waals surface area contributed by atoms with Crippen molar-refractivity contribution in [2.75, 3.05) is 0 Å². The van der Waals surface area contributed by atoms with Gasteiger partial charge in [0.25, 0.3) is 0 Å². The molecule has 0 unspecified atom stereocenters. The summed E-state index contributed by atoms with van der Waals surface area (Å²) in [6.07, 6.45) is 12.1. The van der Waals surface area contributed by atoms with Crippen molar-refractivity contribution in [3.8, 4) is 0 Å². The molecule has 0 heterocycles. The van der Waals surface area contributed by atoms with E-state index in [1.807, 2.05) is 0 Å². The minimum Gasteiger partial charge on any atom is -0.481 e. The molecule has 0 radical (unpaired) electrons. The molecule has 0 aromatic rings. The summed E-state index contributed by atoms with van der Waals surface area (Å²) in [6, 6.07) is 0. The Morgan fingerprint density at radius 3 is 2.32 bits per heavy atom. The van der Waals surface area contributed by atoms with Crippen molar-refractivity contribution in [1.29, 1.82) is 0 Å². The molecule has 11 atom stereocenters. The first-order valence-electron chi connectivity index (χ1n) is 16.8. The molecule has 0 aromatic carbocycles. The molecule has 0 aromatic heterocycles. The van der Waals surface area contributed by atoms with Crippen molar-refractivity contribution < 1.29 is 24.2 Å². The van der Waals surface area contributed by atoms with E-state index in [2.05, 4.69) is 54.5 Å². The van der Waals surface area contributed by atoms with Gasteiger partial charge in [-0.1, -0.05) is 66.9 Å². The number of carboxylic acid groups (broad SMARTS) is 1. The maximum Gasteiger partial charge on any atom is 0.313 e. The molecule has 230 valence electrons. The summed E-state index contributed by atoms with van der Waals surface area (Å²) in [5, 5.41) is 10.7. The fourth-order valence-electron chi connectivity index (χ4n) is 11.6. The standard InChI is InChI=1S/C36H56O5/c1-9-10-11-12-28(38)41-27-15-17-33(5)26(36(27,8)31(39)40)14-18-35(7)30(33)25(37)21-24-29-23(3)22(2)13-16-32(29,4)19-20-34(24,35)6/h21-23,26-27,29-30H,9-20H2,1-8H3,(H,39,40)/t22-,23+,26-,27-,29+,30-,32-,33+,34-,35-,36-/m1/s1. The van der Waals surface area contributed by atoms with E-state index in [1.54, 1.807) is 6.92 Å². The topological polar surface area (TPSA) is 80.7 Å². The number of ether oxygens (including phenoxy) is 1. The number of ketones is 1. The van der Waals surface area contributed by atoms with Gasteiger partial charge in [0.1, 0.15) is 11.5 Å². The lowest BCUT2D eigenvalue weighted by Gasteiger charge is -2.70. The zero-order valence-corrected chi connectivity index (χ0v) is 27.1. The average molecular weight is 569 g/mol. The van der Waals surface area contributed by atoms with Crippen LogP contribution in [0.3, 0.4) is 0 Å². The van der Waals surface area contributed by atoms with Crippen LogP contribution in [-0.4, -0.2) is 28.9 Å². The van der Waals surface area contributed by atoms with Crippen LogP contribution in [0.1, 0.15) is 132 Å². The summed E-state index contributed by atoms with van der Waals surface area (Å²) in [5.74, 6) is 0.246. The van der Waals surface area contributed by atoms with E-state index in [0.29, 0.717) is 37.0 Å². The number of rotatable bonds is 6. The first-order valence-corrected chi connectivity index (χ1v) is 16.8. The summed E-state index contributed by atoms with van der Waals surface area (Å²) in [6.45, 7) is 18.2. The predicted molar refractivity (Wildman–Crippen MR) is 161 cm³/mol. The Kier molecular flexibility index (Phi) is 7.68. The minimum atomic E-state index is -1.21. The van der Waals surface area contributed by atoms with Gasteiger partial charge in [-0.25, -0.2) is 0 Å². The summed E-state index contributed by atoms with van der Waals surface area (Å²) in [7, 11) is 0. The van der Waals surface area contributed by atoms with Crippen LogP contribution in [0, 0.1) is 56.7 Å². The fourth-order valence-corrected chi connectivity index (χ4v) is 11.6. The number of allylic oxidation sites excluding steroid dienone is 2. The lowest BCUT2D eigenvalue weighted by atomic mass is 9.33. The SMILES string of the molecule is CCCCCC(=O)O[C@@H]1CC[C@@]2(C)[C@@H](CC[C@]3(C)[C@@H]2C(=O)C=C2[C@@H]4[C@@H](C)[C@H](C)CC[C@]4(C)CC[C@]23C)[C@@]1(C)C(=O)O. The van der Waals surface area contributed by atoms with Crippen LogP contribution < -0.4 is 0 Å². The van der Waals surface area contributed by atoms with E-state index >= 15 is 0 Å². The number of fused-ring (bicyclic) bond motifs is 7. The highest BCUT2D eigenvalue weighted by Crippen LogP contribution is 2.75. The van der Waals surface area contributed by atoms with Crippen molar-refractivity contribution in [1.82, 2.24) is 0 Å². The van der Waals surface area contributed by atoms with Crippen LogP contribution in [0.4, 0.5) is 0 Å². The van der Waals surface area contributed by atoms with Gasteiger partial charge < -0.3 is 9.84 Å². The van der Waals surface area contributed by atoms with Crippen molar-refractivity contribution in [3.05, 3.63) is 11.6 Å². The smallest absolute Gasteiger partial charge is 0.313 e. The molecule has 1 N–H and O–H groups in total. The molecule has 5 rings (SSSR count). The first-order chi connectivity index (χ1) is 19.1. The highest BCUT2D eigenvalue weighted by Gasteiger charge is 2.72. The number of carbonyl (C=O) groups excluding carboxylic acids is 2. The second kappa shape index (κ2) is 10.2. The third-order valence-corrected chi connectivity index (χ3v) is 14.5. The van der Waals surface area contributed by atoms with Crippen LogP contribution in [0.15, 0.2) is 11.6 Å². The fraction of sp³-hybridized carbons (Fsp3) is 0.861. The van der Waals surface area contributed by atoms with Crippen LogP contribution in [0.5, 0.6) is 0 Å². The highest BCUT2D eigenvalue weighted by atomic mass is 16.5. The number of carbonyl (C=O) groups is 3. The Balaban J connectivity index is 1.52. The van der Waals surface area contributed by atoms with Gasteiger partial charge in [-0.05, 0) is 116 Å². The Bertz CT molecular complexity index is 1130. The van der Waals surface area contributed by atoms with E-state index in [-0.39, 0.29) is 39.8 Å². The van der Waals surface area contributed by atoms with Gasteiger partial charge in [-0.15, -0.1) is 0 Å². The maximum absolute atomic E-state index is 14.5. The Morgan fingerprint density at radius 2 is 1.66 bits per heavy atom. The number of esters is 1. The van der Waals surface area contributed by atoms with Crippen molar-refractivity contribution in [2.45, 2.75) is 139 Å². The van der Waals surface area contributed by atoms with Crippen LogP contribution in [-0.2, 0) is 19.1 Å². The molecule has 0 bridgehead atoms. The quantitative estimate of drug-likeness (QED) is 0.257. The molecule has 4 saturated carbocycles. The van der Waals surface area contributed by atoms with Gasteiger partial charge in [-0.2, -0.15) is 0 Å². The van der Waals surface area contributed by atoms with Gasteiger partial charge in [0, 0.05) is 12.3 Å². The molecule has 5 aliphatic carbocycles. The van der Waals surface area contributed by atoms with Crippen LogP contribution in [0.25, 0.3) is 0 Å². The van der Waals surface area contributed by atoms with Gasteiger partial charge >= 0.3 is 11.9 Å². The highest BCUT2D eigenvalue weighted by molar-refractivity contribution is 5.96. The Morgan fingerprint density at radius 1 is 0.951 bits per heavy atom. The predicted octanol–water partition coefficient (Wildman–Crippen LogP) is 8.40. The second-order valence-electron chi connectivity index (χ2n) is 16.4. The second-order valence-corrected chi connectivity index (χ2v) is 16.4. The normalized spacial score (nSPS) is 49.1. The Labute approximate surface area is 248 Å². The van der Waals surface area contributed by atoms with Crippen LogP contribution in [0.2, 0.25) is 0 Å². The third-order valence-electron chi connectivity index (χ3n) is 14.5. The first kappa shape index (κ1) is 30.8. The summed E-state index contributed by atoms with van der Waals surface area (Å²) in [5.41, 5.74) is -0.297. The number of carboxylic acids is 1. The van der Waals surface area contributed by atoms with Crippen LogP contribution >= 0.6 is 0 Å². The van der Waals surface area contributed by atoms with Gasteiger partial charge in [0.05, 0.1) is 0 Å². The van der Waals surface area contributed by atoms with Gasteiger partial charge in [0.2, 0.25) is 0 Å². The third kappa shape index (κ3) is 4.24. The average Bonchev–Trinajstić information content (AvgIpc) is 2.89. The van der Waals surface area contributed by atoms with Crippen molar-refractivity contribution >= 4 is 17.7 Å². The zero-order valence-electron chi connectivity index (χ0n) is 27.1. The van der Waals surface area contributed by atoms with E-state index in [0.717, 1.165) is 38.5 Å². The van der Waals surface area contributed by atoms with E-state index in [4.69, 9.17) is 4.74 Å². The molecule has 0 amide bonds. The monoisotopic (exact) mass is 568 g/mol. The number of unbranched alkanes of at least 4 members (excludes halogenated alkanes) is 2. The summed E-state index contributed by atoms with van der Waals surface area (Å²) >= 11 is 0. The van der Waals surface area contributed by atoms with Crippen molar-refractivity contribution in [2.24, 2.45) is 56.7 Å². The van der Waals surface area contributed by atoms with Gasteiger partial charge in [0.15, 0.2) is 5.78 Å². The van der Waals surface area contributed by atoms with E-state index < -0.39 is 22.9 Å². The van der Waals surface area contributed by atoms with E-state index in [9.17, 15) is 19.5 Å². The number of aliphatic carboxylic acids is 1. The maximum atomic E-state index is 14.5. The molecule has 0 spiro atoms. The summed E-state index contributed by atoms with van der Waals surface area (Å²) in [4.78, 5) is 40.4. The molecule has 5 heteroatoms. The zero-order chi connectivity index (χ0) is 30.2. The van der Waals surface area contributed by atoms with Gasteiger partial charge in [-0.3, -0.25) is 14.4 Å². The largest absolute Gasteiger partial charge is 0.481 e. The lowest BCUT2D eigenvalue weighted by Crippen LogP contribution is -2.68. The molecule has 0 saturated heterocycles. The molecule has 5 aliphatic rings. The summed E-state index contributed by atoms with van der Waals surface area (Å²) < 4.78 is 5.98. The number of hydrogen-bond acceptors (Lipinski definition) is 4. The minimum absolute atomic E-state index is 0.0722. The number of hydrogen-bond donors (Lipinski definition) is 1. The lowest BCUT2D eigenvalue weighted by molar-refractivity contribution is -0.221. The molecular weight excluding hydrogens is 512 g/mol.